The summed E-state index contributed by atoms with van der Waals surface area (Å²) in [7, 11) is 0. The minimum Gasteiger partial charge on any atom is -0.507 e. The summed E-state index contributed by atoms with van der Waals surface area (Å²) in [6.07, 6.45) is 0. The van der Waals surface area contributed by atoms with Gasteiger partial charge in [-0.15, -0.1) is 0 Å². The molecule has 0 amide bonds. The fourth-order valence-corrected chi connectivity index (χ4v) is 1.35. The van der Waals surface area contributed by atoms with Crippen LogP contribution in [0.3, 0.4) is 0 Å². The van der Waals surface area contributed by atoms with E-state index in [0.29, 0.717) is 0 Å². The Labute approximate surface area is 89.8 Å². The van der Waals surface area contributed by atoms with Gasteiger partial charge in [0.05, 0.1) is 5.56 Å². The number of carboxylic acid groups (broad SMARTS) is 1. The molecule has 0 saturated heterocycles. The fourth-order valence-electron chi connectivity index (χ4n) is 1.35. The van der Waals surface area contributed by atoms with Gasteiger partial charge in [0.15, 0.2) is 0 Å². The van der Waals surface area contributed by atoms with E-state index >= 15 is 0 Å². The Morgan fingerprint density at radius 1 is 1.25 bits per heavy atom. The third-order valence-electron chi connectivity index (χ3n) is 2.08. The Kier molecular flexibility index (Phi) is 2.24. The molecule has 0 radical (unpaired) electrons. The SMILES string of the molecule is O=C(O)c1cc(-c2c(O)cccc2O)n[nH]1. The monoisotopic (exact) mass is 220 g/mol. The molecule has 0 saturated carbocycles. The van der Waals surface area contributed by atoms with Gasteiger partial charge >= 0.3 is 5.97 Å². The molecule has 82 valence electrons. The van der Waals surface area contributed by atoms with Crippen molar-refractivity contribution in [2.75, 3.05) is 0 Å². The molecule has 0 unspecified atom stereocenters. The van der Waals surface area contributed by atoms with Crippen molar-refractivity contribution >= 4 is 5.97 Å². The van der Waals surface area contributed by atoms with Crippen LogP contribution in [-0.2, 0) is 0 Å². The van der Waals surface area contributed by atoms with Crippen LogP contribution < -0.4 is 0 Å². The van der Waals surface area contributed by atoms with E-state index in [4.69, 9.17) is 5.11 Å². The third-order valence-corrected chi connectivity index (χ3v) is 2.08. The summed E-state index contributed by atoms with van der Waals surface area (Å²) in [6, 6.07) is 5.46. The average Bonchev–Trinajstić information content (AvgIpc) is 2.66. The van der Waals surface area contributed by atoms with Gasteiger partial charge in [0.1, 0.15) is 22.9 Å². The lowest BCUT2D eigenvalue weighted by molar-refractivity contribution is 0.0690. The van der Waals surface area contributed by atoms with Crippen LogP contribution in [0.2, 0.25) is 0 Å². The first-order chi connectivity index (χ1) is 7.59. The summed E-state index contributed by atoms with van der Waals surface area (Å²) < 4.78 is 0. The van der Waals surface area contributed by atoms with E-state index in [1.165, 1.54) is 24.3 Å². The number of aromatic hydroxyl groups is 2. The normalized spacial score (nSPS) is 10.2. The van der Waals surface area contributed by atoms with Gasteiger partial charge in [-0.3, -0.25) is 5.10 Å². The number of benzene rings is 1. The standard InChI is InChI=1S/C10H8N2O4/c13-7-2-1-3-8(14)9(7)5-4-6(10(15)16)12-11-5/h1-4,13-14H,(H,11,12)(H,15,16). The van der Waals surface area contributed by atoms with Crippen molar-refractivity contribution in [1.29, 1.82) is 0 Å². The molecule has 1 aromatic heterocycles. The number of aromatic nitrogens is 2. The highest BCUT2D eigenvalue weighted by Crippen LogP contribution is 2.35. The minimum absolute atomic E-state index is 0.103. The number of H-pyrrole nitrogens is 1. The molecule has 4 N–H and O–H groups in total. The maximum Gasteiger partial charge on any atom is 0.353 e. The summed E-state index contributed by atoms with van der Waals surface area (Å²) in [5.74, 6) is -1.49. The van der Waals surface area contributed by atoms with Gasteiger partial charge in [-0.05, 0) is 18.2 Å². The van der Waals surface area contributed by atoms with E-state index in [-0.39, 0.29) is 28.5 Å². The van der Waals surface area contributed by atoms with Crippen LogP contribution in [-0.4, -0.2) is 31.5 Å². The van der Waals surface area contributed by atoms with Crippen LogP contribution in [0.15, 0.2) is 24.3 Å². The van der Waals surface area contributed by atoms with Gasteiger partial charge in [-0.1, -0.05) is 6.07 Å². The molecule has 0 aliphatic rings. The van der Waals surface area contributed by atoms with Gasteiger partial charge in [0.25, 0.3) is 0 Å². The molecule has 1 heterocycles. The zero-order chi connectivity index (χ0) is 11.7. The Morgan fingerprint density at radius 2 is 1.88 bits per heavy atom. The van der Waals surface area contributed by atoms with Crippen molar-refractivity contribution in [3.8, 4) is 22.8 Å². The number of hydrogen-bond acceptors (Lipinski definition) is 4. The number of carboxylic acids is 1. The maximum atomic E-state index is 10.6. The second kappa shape index (κ2) is 3.58. The highest BCUT2D eigenvalue weighted by molar-refractivity contribution is 5.87. The summed E-state index contributed by atoms with van der Waals surface area (Å²) in [4.78, 5) is 10.6. The number of nitrogens with zero attached hydrogens (tertiary/aromatic N) is 1. The van der Waals surface area contributed by atoms with E-state index in [1.54, 1.807) is 0 Å². The van der Waals surface area contributed by atoms with Crippen LogP contribution >= 0.6 is 0 Å². The smallest absolute Gasteiger partial charge is 0.353 e. The Morgan fingerprint density at radius 3 is 2.38 bits per heavy atom. The van der Waals surface area contributed by atoms with Gasteiger partial charge < -0.3 is 15.3 Å². The number of aromatic amines is 1. The van der Waals surface area contributed by atoms with Crippen LogP contribution in [0.4, 0.5) is 0 Å². The number of hydrogen-bond donors (Lipinski definition) is 4. The van der Waals surface area contributed by atoms with Gasteiger partial charge in [-0.2, -0.15) is 5.10 Å². The lowest BCUT2D eigenvalue weighted by Gasteiger charge is -2.02. The lowest BCUT2D eigenvalue weighted by atomic mass is 10.1. The van der Waals surface area contributed by atoms with Crippen molar-refractivity contribution in [3.05, 3.63) is 30.0 Å². The molecule has 6 heteroatoms. The number of phenols is 2. The van der Waals surface area contributed by atoms with Gasteiger partial charge in [0, 0.05) is 0 Å². The molecule has 1 aromatic carbocycles. The molecule has 2 aromatic rings. The highest BCUT2D eigenvalue weighted by Gasteiger charge is 2.15. The maximum absolute atomic E-state index is 10.6. The van der Waals surface area contributed by atoms with Gasteiger partial charge in [0.2, 0.25) is 0 Å². The molecule has 0 aliphatic heterocycles. The number of rotatable bonds is 2. The predicted octanol–water partition coefficient (Wildman–Crippen LogP) is 1.19. The molecule has 0 atom stereocenters. The van der Waals surface area contributed by atoms with Crippen molar-refractivity contribution in [3.63, 3.8) is 0 Å². The van der Waals surface area contributed by atoms with E-state index in [0.717, 1.165) is 0 Å². The lowest BCUT2D eigenvalue weighted by Crippen LogP contribution is -1.95. The Balaban J connectivity index is 2.54. The van der Waals surface area contributed by atoms with Crippen LogP contribution in [0.1, 0.15) is 10.5 Å². The zero-order valence-corrected chi connectivity index (χ0v) is 8.01. The van der Waals surface area contributed by atoms with E-state index in [2.05, 4.69) is 10.2 Å². The van der Waals surface area contributed by atoms with Crippen LogP contribution in [0.5, 0.6) is 11.5 Å². The molecular weight excluding hydrogens is 212 g/mol. The van der Waals surface area contributed by atoms with Gasteiger partial charge in [-0.25, -0.2) is 4.79 Å². The minimum atomic E-state index is -1.16. The van der Waals surface area contributed by atoms with Crippen molar-refractivity contribution in [1.82, 2.24) is 10.2 Å². The third kappa shape index (κ3) is 1.56. The first-order valence-corrected chi connectivity index (χ1v) is 4.39. The molecule has 0 fully saturated rings. The topological polar surface area (TPSA) is 106 Å². The summed E-state index contributed by atoms with van der Waals surface area (Å²) in [6.45, 7) is 0. The number of nitrogens with one attached hydrogen (secondary N) is 1. The molecule has 16 heavy (non-hydrogen) atoms. The van der Waals surface area contributed by atoms with E-state index in [1.807, 2.05) is 0 Å². The van der Waals surface area contributed by atoms with Crippen molar-refractivity contribution < 1.29 is 20.1 Å². The predicted molar refractivity (Wildman–Crippen MR) is 54.3 cm³/mol. The summed E-state index contributed by atoms with van der Waals surface area (Å²) in [5.41, 5.74) is 0.164. The van der Waals surface area contributed by atoms with Crippen molar-refractivity contribution in [2.24, 2.45) is 0 Å². The Bertz CT molecular complexity index is 527. The summed E-state index contributed by atoms with van der Waals surface area (Å²) in [5, 5.41) is 33.7. The Hall–Kier alpha value is -2.50. The zero-order valence-electron chi connectivity index (χ0n) is 8.01. The molecule has 2 rings (SSSR count). The van der Waals surface area contributed by atoms with Crippen molar-refractivity contribution in [2.45, 2.75) is 0 Å². The summed E-state index contributed by atoms with van der Waals surface area (Å²) >= 11 is 0. The first kappa shape index (κ1) is 10.0. The van der Waals surface area contributed by atoms with E-state index in [9.17, 15) is 15.0 Å². The molecule has 0 bridgehead atoms. The van der Waals surface area contributed by atoms with Crippen LogP contribution in [0, 0.1) is 0 Å². The average molecular weight is 220 g/mol. The molecule has 0 aliphatic carbocycles. The highest BCUT2D eigenvalue weighted by atomic mass is 16.4. The first-order valence-electron chi connectivity index (χ1n) is 4.39. The molecular formula is C10H8N2O4. The second-order valence-electron chi connectivity index (χ2n) is 3.14. The second-order valence-corrected chi connectivity index (χ2v) is 3.14. The largest absolute Gasteiger partial charge is 0.507 e. The number of phenolic OH excluding ortho intramolecular Hbond substituents is 2. The van der Waals surface area contributed by atoms with E-state index < -0.39 is 5.97 Å². The van der Waals surface area contributed by atoms with Crippen LogP contribution in [0.25, 0.3) is 11.3 Å². The fraction of sp³-hybridized carbons (Fsp3) is 0. The number of aromatic carboxylic acids is 1. The number of carbonyl (C=O) groups is 1. The molecule has 0 spiro atoms. The quantitative estimate of drug-likeness (QED) is 0.608. The molecule has 6 nitrogen and oxygen atoms in total.